The fourth-order valence-corrected chi connectivity index (χ4v) is 2.87. The van der Waals surface area contributed by atoms with Crippen LogP contribution < -0.4 is 11.1 Å². The first-order valence-electron chi connectivity index (χ1n) is 7.60. The van der Waals surface area contributed by atoms with Crippen LogP contribution >= 0.6 is 12.2 Å². The van der Waals surface area contributed by atoms with E-state index in [1.807, 2.05) is 0 Å². The van der Waals surface area contributed by atoms with Gasteiger partial charge in [0.15, 0.2) is 10.9 Å². The highest BCUT2D eigenvalue weighted by atomic mass is 32.1. The third kappa shape index (κ3) is 3.01. The van der Waals surface area contributed by atoms with Crippen LogP contribution in [0.5, 0.6) is 0 Å². The summed E-state index contributed by atoms with van der Waals surface area (Å²) in [4.78, 5) is 11.5. The number of H-pyrrole nitrogens is 1. The number of anilines is 1. The minimum absolute atomic E-state index is 0.296. The van der Waals surface area contributed by atoms with E-state index >= 15 is 0 Å². The normalized spacial score (nSPS) is 27.0. The molecule has 0 aliphatic carbocycles. The van der Waals surface area contributed by atoms with Gasteiger partial charge in [0.05, 0.1) is 12.9 Å². The largest absolute Gasteiger partial charge is 0.394 e. The maximum absolute atomic E-state index is 10.2. The van der Waals surface area contributed by atoms with Crippen LogP contribution in [-0.2, 0) is 4.74 Å². The molecule has 7 N–H and O–H groups in total. The second-order valence-electron chi connectivity index (χ2n) is 5.54. The van der Waals surface area contributed by atoms with Crippen LogP contribution in [0.3, 0.4) is 0 Å². The van der Waals surface area contributed by atoms with E-state index in [0.29, 0.717) is 34.8 Å². The number of nitrogens with zero attached hydrogens (tertiary/aromatic N) is 3. The standard InChI is InChI=1S/C13H20N6O4S/c14-2-1-3-15-13-17-10-7(11(24)18-13)16-5-19(10)12-9(22)8(21)6(4-20)23-12/h5-6,8-9,12,20-22H,1-4,14H2,(H2,15,17,18,24)/t6-,8+,9?,12-/m1/s1. The highest BCUT2D eigenvalue weighted by Crippen LogP contribution is 2.31. The predicted octanol–water partition coefficient (Wildman–Crippen LogP) is -1.14. The van der Waals surface area contributed by atoms with Crippen LogP contribution in [0.2, 0.25) is 0 Å². The molecule has 1 unspecified atom stereocenters. The number of hydrogen-bond acceptors (Lipinski definition) is 9. The Balaban J connectivity index is 1.95. The zero-order valence-corrected chi connectivity index (χ0v) is 13.6. The van der Waals surface area contributed by atoms with Gasteiger partial charge in [0.2, 0.25) is 5.95 Å². The van der Waals surface area contributed by atoms with E-state index in [4.69, 9.17) is 22.7 Å². The van der Waals surface area contributed by atoms with Crippen LogP contribution in [0.4, 0.5) is 5.95 Å². The molecular weight excluding hydrogens is 336 g/mol. The summed E-state index contributed by atoms with van der Waals surface area (Å²) in [6, 6.07) is 0. The number of rotatable bonds is 6. The second kappa shape index (κ2) is 7.09. The quantitative estimate of drug-likeness (QED) is 0.278. The van der Waals surface area contributed by atoms with Crippen molar-refractivity contribution in [3.63, 3.8) is 0 Å². The molecule has 132 valence electrons. The van der Waals surface area contributed by atoms with E-state index in [2.05, 4.69) is 20.3 Å². The Kier molecular flexibility index (Phi) is 5.08. The summed E-state index contributed by atoms with van der Waals surface area (Å²) in [5, 5.41) is 32.4. The molecule has 4 atom stereocenters. The molecule has 1 fully saturated rings. The third-order valence-corrected chi connectivity index (χ3v) is 4.20. The molecule has 0 saturated carbocycles. The van der Waals surface area contributed by atoms with Gasteiger partial charge in [-0.05, 0) is 13.0 Å². The molecule has 1 aliphatic heterocycles. The van der Waals surface area contributed by atoms with Crippen molar-refractivity contribution < 1.29 is 20.1 Å². The molecule has 3 rings (SSSR count). The average Bonchev–Trinajstić information content (AvgIpc) is 3.10. The van der Waals surface area contributed by atoms with Crippen LogP contribution in [-0.4, -0.2) is 72.8 Å². The van der Waals surface area contributed by atoms with E-state index in [-0.39, 0.29) is 0 Å². The van der Waals surface area contributed by atoms with Gasteiger partial charge in [-0.15, -0.1) is 0 Å². The smallest absolute Gasteiger partial charge is 0.203 e. The molecular formula is C13H20N6O4S. The summed E-state index contributed by atoms with van der Waals surface area (Å²) in [6.45, 7) is 0.781. The number of imidazole rings is 1. The van der Waals surface area contributed by atoms with Gasteiger partial charge in [-0.2, -0.15) is 0 Å². The summed E-state index contributed by atoms with van der Waals surface area (Å²) in [7, 11) is 0. The number of aromatic amines is 1. The first-order valence-corrected chi connectivity index (χ1v) is 8.01. The minimum atomic E-state index is -1.21. The number of nitrogens with one attached hydrogen (secondary N) is 2. The van der Waals surface area contributed by atoms with Gasteiger partial charge in [-0.25, -0.2) is 9.97 Å². The van der Waals surface area contributed by atoms with Crippen LogP contribution in [0.25, 0.3) is 11.2 Å². The Bertz CT molecular complexity index is 764. The Hall–Kier alpha value is -1.63. The molecule has 10 nitrogen and oxygen atoms in total. The maximum Gasteiger partial charge on any atom is 0.203 e. The summed E-state index contributed by atoms with van der Waals surface area (Å²) < 4.78 is 7.36. The number of fused-ring (bicyclic) bond motifs is 1. The molecule has 1 saturated heterocycles. The lowest BCUT2D eigenvalue weighted by molar-refractivity contribution is -0.0511. The predicted molar refractivity (Wildman–Crippen MR) is 87.9 cm³/mol. The van der Waals surface area contributed by atoms with Gasteiger partial charge in [-0.1, -0.05) is 12.2 Å². The lowest BCUT2D eigenvalue weighted by atomic mass is 10.1. The Morgan fingerprint density at radius 2 is 2.21 bits per heavy atom. The zero-order valence-electron chi connectivity index (χ0n) is 12.8. The van der Waals surface area contributed by atoms with Gasteiger partial charge in [0.25, 0.3) is 0 Å². The van der Waals surface area contributed by atoms with Crippen molar-refractivity contribution in [1.29, 1.82) is 0 Å². The Morgan fingerprint density at radius 1 is 1.42 bits per heavy atom. The number of ether oxygens (including phenoxy) is 1. The molecule has 3 heterocycles. The maximum atomic E-state index is 10.2. The average molecular weight is 356 g/mol. The molecule has 0 radical (unpaired) electrons. The molecule has 0 aromatic carbocycles. The van der Waals surface area contributed by atoms with E-state index in [1.165, 1.54) is 10.9 Å². The SMILES string of the molecule is NCCCNc1nc(=S)c2ncn([C@@H]3O[C@H](CO)[C@H](O)C3O)c2[nH]1. The lowest BCUT2D eigenvalue weighted by Gasteiger charge is -2.17. The Labute approximate surface area is 142 Å². The monoisotopic (exact) mass is 356 g/mol. The third-order valence-electron chi connectivity index (χ3n) is 3.91. The summed E-state index contributed by atoms with van der Waals surface area (Å²) in [5.74, 6) is 0.453. The van der Waals surface area contributed by atoms with Gasteiger partial charge in [-0.3, -0.25) is 4.57 Å². The topological polar surface area (TPSA) is 154 Å². The Morgan fingerprint density at radius 3 is 2.88 bits per heavy atom. The van der Waals surface area contributed by atoms with Crippen molar-refractivity contribution in [1.82, 2.24) is 19.5 Å². The molecule has 0 amide bonds. The number of nitrogens with two attached hydrogens (primary N) is 1. The van der Waals surface area contributed by atoms with Crippen molar-refractivity contribution >= 4 is 29.3 Å². The molecule has 24 heavy (non-hydrogen) atoms. The van der Waals surface area contributed by atoms with Crippen molar-refractivity contribution in [2.45, 2.75) is 31.0 Å². The molecule has 2 aromatic heterocycles. The first-order chi connectivity index (χ1) is 11.6. The van der Waals surface area contributed by atoms with Crippen LogP contribution in [0, 0.1) is 4.64 Å². The summed E-state index contributed by atoms with van der Waals surface area (Å²) in [6.07, 6.45) is -1.94. The van der Waals surface area contributed by atoms with Crippen molar-refractivity contribution in [2.24, 2.45) is 5.73 Å². The van der Waals surface area contributed by atoms with Crippen LogP contribution in [0.1, 0.15) is 12.6 Å². The number of aliphatic hydroxyl groups is 3. The first kappa shape index (κ1) is 17.2. The minimum Gasteiger partial charge on any atom is -0.394 e. The van der Waals surface area contributed by atoms with Gasteiger partial charge in [0, 0.05) is 6.54 Å². The fraction of sp³-hybridized carbons (Fsp3) is 0.615. The van der Waals surface area contributed by atoms with Gasteiger partial charge in [0.1, 0.15) is 29.5 Å². The van der Waals surface area contributed by atoms with E-state index < -0.39 is 31.1 Å². The molecule has 1 aliphatic rings. The number of hydrogen-bond donors (Lipinski definition) is 6. The van der Waals surface area contributed by atoms with Crippen LogP contribution in [0.15, 0.2) is 6.33 Å². The molecule has 2 aromatic rings. The molecule has 11 heteroatoms. The second-order valence-corrected chi connectivity index (χ2v) is 5.92. The van der Waals surface area contributed by atoms with Crippen molar-refractivity contribution in [3.8, 4) is 0 Å². The van der Waals surface area contributed by atoms with Crippen molar-refractivity contribution in [2.75, 3.05) is 25.0 Å². The fourth-order valence-electron chi connectivity index (χ4n) is 2.63. The number of aliphatic hydroxyl groups excluding tert-OH is 3. The van der Waals surface area contributed by atoms with E-state index in [0.717, 1.165) is 6.42 Å². The summed E-state index contributed by atoms with van der Waals surface area (Å²) >= 11 is 5.24. The number of aromatic nitrogens is 4. The zero-order chi connectivity index (χ0) is 17.3. The molecule has 0 spiro atoms. The lowest BCUT2D eigenvalue weighted by Crippen LogP contribution is -2.33. The van der Waals surface area contributed by atoms with Gasteiger partial charge >= 0.3 is 0 Å². The van der Waals surface area contributed by atoms with Gasteiger partial charge < -0.3 is 36.1 Å². The summed E-state index contributed by atoms with van der Waals surface area (Å²) in [5.41, 5.74) is 6.42. The van der Waals surface area contributed by atoms with E-state index in [1.54, 1.807) is 0 Å². The highest BCUT2D eigenvalue weighted by molar-refractivity contribution is 7.71. The van der Waals surface area contributed by atoms with E-state index in [9.17, 15) is 15.3 Å². The molecule has 0 bridgehead atoms. The van der Waals surface area contributed by atoms with Crippen molar-refractivity contribution in [3.05, 3.63) is 11.0 Å². The highest BCUT2D eigenvalue weighted by Gasteiger charge is 2.43.